The van der Waals surface area contributed by atoms with Gasteiger partial charge in [-0.25, -0.2) is 10.2 Å². The van der Waals surface area contributed by atoms with E-state index in [4.69, 9.17) is 9.47 Å². The smallest absolute Gasteiger partial charge is 0.343 e. The van der Waals surface area contributed by atoms with Gasteiger partial charge in [0, 0.05) is 11.6 Å². The van der Waals surface area contributed by atoms with Gasteiger partial charge in [0.05, 0.1) is 16.7 Å². The van der Waals surface area contributed by atoms with Gasteiger partial charge in [0.25, 0.3) is 5.91 Å². The second-order valence-electron chi connectivity index (χ2n) is 8.18. The lowest BCUT2D eigenvalue weighted by Crippen LogP contribution is -2.33. The van der Waals surface area contributed by atoms with E-state index in [0.29, 0.717) is 11.1 Å². The quantitative estimate of drug-likeness (QED) is 0.118. The van der Waals surface area contributed by atoms with Crippen LogP contribution in [0.25, 0.3) is 10.8 Å². The maximum absolute atomic E-state index is 12.8. The SMILES string of the molecule is Cc1cccc(C(=O)Oc2ccc3ccccc3c2/C=N/NC(=O)C(C)Oc2ccccc2[N+](=O)[O-])c1. The van der Waals surface area contributed by atoms with Gasteiger partial charge < -0.3 is 9.47 Å². The average Bonchev–Trinajstić information content (AvgIpc) is 2.89. The van der Waals surface area contributed by atoms with Crippen molar-refractivity contribution >= 4 is 34.6 Å². The zero-order valence-electron chi connectivity index (χ0n) is 20.1. The second kappa shape index (κ2) is 11.1. The van der Waals surface area contributed by atoms with Crippen LogP contribution in [0.2, 0.25) is 0 Å². The van der Waals surface area contributed by atoms with E-state index in [9.17, 15) is 19.7 Å². The zero-order valence-corrected chi connectivity index (χ0v) is 20.1. The third kappa shape index (κ3) is 5.96. The van der Waals surface area contributed by atoms with E-state index in [1.54, 1.807) is 30.3 Å². The lowest BCUT2D eigenvalue weighted by atomic mass is 10.0. The van der Waals surface area contributed by atoms with Crippen molar-refractivity contribution in [2.24, 2.45) is 5.10 Å². The Morgan fingerprint density at radius 2 is 1.73 bits per heavy atom. The Morgan fingerprint density at radius 1 is 0.973 bits per heavy atom. The number of nitro groups is 1. The summed E-state index contributed by atoms with van der Waals surface area (Å²) >= 11 is 0. The highest BCUT2D eigenvalue weighted by Crippen LogP contribution is 2.28. The summed E-state index contributed by atoms with van der Waals surface area (Å²) in [4.78, 5) is 35.9. The Labute approximate surface area is 212 Å². The van der Waals surface area contributed by atoms with Crippen LogP contribution in [-0.4, -0.2) is 29.1 Å². The molecule has 4 rings (SSSR count). The van der Waals surface area contributed by atoms with Gasteiger partial charge in [-0.1, -0.05) is 60.2 Å². The van der Waals surface area contributed by atoms with Gasteiger partial charge in [-0.2, -0.15) is 5.10 Å². The molecule has 1 N–H and O–H groups in total. The molecule has 0 aliphatic carbocycles. The molecule has 0 saturated carbocycles. The Bertz CT molecular complexity index is 1520. The highest BCUT2D eigenvalue weighted by Gasteiger charge is 2.20. The number of carbonyl (C=O) groups excluding carboxylic acids is 2. The monoisotopic (exact) mass is 497 g/mol. The summed E-state index contributed by atoms with van der Waals surface area (Å²) in [5.41, 5.74) is 3.96. The van der Waals surface area contributed by atoms with Crippen molar-refractivity contribution in [3.8, 4) is 11.5 Å². The third-order valence-corrected chi connectivity index (χ3v) is 5.49. The number of hydrogen-bond donors (Lipinski definition) is 1. The number of nitro benzene ring substituents is 1. The van der Waals surface area contributed by atoms with E-state index < -0.39 is 22.9 Å². The van der Waals surface area contributed by atoms with Crippen LogP contribution in [0, 0.1) is 17.0 Å². The summed E-state index contributed by atoms with van der Waals surface area (Å²) in [6, 6.07) is 23.8. The molecule has 0 saturated heterocycles. The number of hydrogen-bond acceptors (Lipinski definition) is 7. The minimum atomic E-state index is -1.07. The summed E-state index contributed by atoms with van der Waals surface area (Å²) in [5, 5.41) is 16.9. The van der Waals surface area contributed by atoms with Crippen LogP contribution < -0.4 is 14.9 Å². The van der Waals surface area contributed by atoms with Crippen molar-refractivity contribution in [1.29, 1.82) is 0 Å². The number of rotatable bonds is 8. The number of carbonyl (C=O) groups is 2. The van der Waals surface area contributed by atoms with Crippen molar-refractivity contribution in [2.75, 3.05) is 0 Å². The van der Waals surface area contributed by atoms with E-state index in [-0.39, 0.29) is 17.2 Å². The standard InChI is InChI=1S/C28H23N3O6/c1-18-8-7-10-21(16-18)28(33)37-25-15-14-20-9-3-4-11-22(20)23(25)17-29-30-27(32)19(2)36-26-13-6-5-12-24(26)31(34)35/h3-17,19H,1-2H3,(H,30,32)/b29-17+. The normalized spacial score (nSPS) is 11.7. The van der Waals surface area contributed by atoms with Crippen LogP contribution in [0.1, 0.15) is 28.4 Å². The first kappa shape index (κ1) is 25.1. The first-order valence-electron chi connectivity index (χ1n) is 11.4. The molecule has 0 aromatic heterocycles. The van der Waals surface area contributed by atoms with Crippen molar-refractivity contribution in [3.63, 3.8) is 0 Å². The number of nitrogens with one attached hydrogen (secondary N) is 1. The van der Waals surface area contributed by atoms with Gasteiger partial charge >= 0.3 is 11.7 Å². The van der Waals surface area contributed by atoms with Crippen molar-refractivity contribution < 1.29 is 24.0 Å². The van der Waals surface area contributed by atoms with E-state index in [2.05, 4.69) is 10.5 Å². The number of hydrazone groups is 1. The molecule has 0 radical (unpaired) electrons. The number of ether oxygens (including phenoxy) is 2. The van der Waals surface area contributed by atoms with E-state index in [0.717, 1.165) is 16.3 Å². The van der Waals surface area contributed by atoms with Gasteiger partial charge in [0.15, 0.2) is 11.9 Å². The molecule has 0 aliphatic heterocycles. The predicted molar refractivity (Wildman–Crippen MR) is 139 cm³/mol. The molecule has 0 spiro atoms. The lowest BCUT2D eigenvalue weighted by Gasteiger charge is -2.13. The molecular weight excluding hydrogens is 474 g/mol. The molecule has 9 heteroatoms. The summed E-state index contributed by atoms with van der Waals surface area (Å²) < 4.78 is 11.2. The van der Waals surface area contributed by atoms with Crippen molar-refractivity contribution in [2.45, 2.75) is 20.0 Å². The van der Waals surface area contributed by atoms with Crippen LogP contribution in [-0.2, 0) is 4.79 Å². The fourth-order valence-electron chi connectivity index (χ4n) is 3.63. The zero-order chi connectivity index (χ0) is 26.4. The summed E-state index contributed by atoms with van der Waals surface area (Å²) in [6.45, 7) is 3.34. The van der Waals surface area contributed by atoms with Crippen LogP contribution in [0.4, 0.5) is 5.69 Å². The number of para-hydroxylation sites is 2. The van der Waals surface area contributed by atoms with E-state index in [1.165, 1.54) is 31.3 Å². The highest BCUT2D eigenvalue weighted by atomic mass is 16.6. The van der Waals surface area contributed by atoms with Crippen LogP contribution in [0.15, 0.2) is 90.0 Å². The third-order valence-electron chi connectivity index (χ3n) is 5.49. The first-order valence-corrected chi connectivity index (χ1v) is 11.4. The lowest BCUT2D eigenvalue weighted by molar-refractivity contribution is -0.386. The minimum Gasteiger partial charge on any atom is -0.474 e. The average molecular weight is 498 g/mol. The van der Waals surface area contributed by atoms with E-state index in [1.807, 2.05) is 43.3 Å². The molecule has 0 heterocycles. The largest absolute Gasteiger partial charge is 0.474 e. The summed E-state index contributed by atoms with van der Waals surface area (Å²) in [6.07, 6.45) is 0.320. The second-order valence-corrected chi connectivity index (χ2v) is 8.18. The highest BCUT2D eigenvalue weighted by molar-refractivity contribution is 6.04. The van der Waals surface area contributed by atoms with Gasteiger partial charge in [-0.3, -0.25) is 14.9 Å². The Balaban J connectivity index is 1.54. The van der Waals surface area contributed by atoms with Crippen LogP contribution >= 0.6 is 0 Å². The van der Waals surface area contributed by atoms with Gasteiger partial charge in [-0.15, -0.1) is 0 Å². The number of amides is 1. The molecule has 9 nitrogen and oxygen atoms in total. The van der Waals surface area contributed by atoms with Crippen LogP contribution in [0.5, 0.6) is 11.5 Å². The topological polar surface area (TPSA) is 120 Å². The maximum atomic E-state index is 12.8. The molecule has 4 aromatic rings. The molecule has 1 amide bonds. The Hall–Kier alpha value is -5.05. The Morgan fingerprint density at radius 3 is 2.51 bits per heavy atom. The number of fused-ring (bicyclic) bond motifs is 1. The minimum absolute atomic E-state index is 0.0291. The number of benzene rings is 4. The van der Waals surface area contributed by atoms with Gasteiger partial charge in [0.2, 0.25) is 0 Å². The van der Waals surface area contributed by atoms with Gasteiger partial charge in [0.1, 0.15) is 5.75 Å². The van der Waals surface area contributed by atoms with Gasteiger partial charge in [-0.05, 0) is 48.9 Å². The molecular formula is C28H23N3O6. The number of nitrogens with zero attached hydrogens (tertiary/aromatic N) is 2. The van der Waals surface area contributed by atoms with Crippen LogP contribution in [0.3, 0.4) is 0 Å². The Kier molecular flexibility index (Phi) is 7.53. The van der Waals surface area contributed by atoms with E-state index >= 15 is 0 Å². The molecule has 0 aliphatic rings. The first-order chi connectivity index (χ1) is 17.8. The summed E-state index contributed by atoms with van der Waals surface area (Å²) in [7, 11) is 0. The number of esters is 1. The molecule has 0 fully saturated rings. The molecule has 1 atom stereocenters. The summed E-state index contributed by atoms with van der Waals surface area (Å²) in [5.74, 6) is -0.900. The molecule has 1 unspecified atom stereocenters. The molecule has 186 valence electrons. The molecule has 0 bridgehead atoms. The maximum Gasteiger partial charge on any atom is 0.343 e. The number of aryl methyl sites for hydroxylation is 1. The van der Waals surface area contributed by atoms with Crippen molar-refractivity contribution in [1.82, 2.24) is 5.43 Å². The molecule has 4 aromatic carbocycles. The van der Waals surface area contributed by atoms with Crippen molar-refractivity contribution in [3.05, 3.63) is 112 Å². The fraction of sp³-hybridized carbons (Fsp3) is 0.107. The molecule has 37 heavy (non-hydrogen) atoms. The predicted octanol–water partition coefficient (Wildman–Crippen LogP) is 5.19. The fourth-order valence-corrected chi connectivity index (χ4v) is 3.63.